The van der Waals surface area contributed by atoms with Gasteiger partial charge in [0, 0.05) is 5.39 Å². The molecule has 58 valence electrons. The molecule has 0 aliphatic carbocycles. The van der Waals surface area contributed by atoms with Crippen molar-refractivity contribution in [2.24, 2.45) is 0 Å². The van der Waals surface area contributed by atoms with Crippen molar-refractivity contribution in [3.63, 3.8) is 0 Å². The highest BCUT2D eigenvalue weighted by Gasteiger charge is 2.05. The Labute approximate surface area is 73.6 Å². The summed E-state index contributed by atoms with van der Waals surface area (Å²) in [6, 6.07) is 5.49. The number of aromatic nitrogens is 2. The standard InChI is InChI=1S/C8H4ClN3/c9-7-5(3-10)1-2-6-4-11-12-8(6)7/h1-2,4H,(H,11,12). The molecule has 0 saturated carbocycles. The molecule has 1 heterocycles. The zero-order chi connectivity index (χ0) is 8.55. The average Bonchev–Trinajstić information content (AvgIpc) is 2.53. The van der Waals surface area contributed by atoms with Crippen LogP contribution in [0.25, 0.3) is 10.9 Å². The summed E-state index contributed by atoms with van der Waals surface area (Å²) in [5, 5.41) is 16.5. The van der Waals surface area contributed by atoms with Gasteiger partial charge in [0.1, 0.15) is 6.07 Å². The van der Waals surface area contributed by atoms with Gasteiger partial charge in [-0.1, -0.05) is 11.6 Å². The van der Waals surface area contributed by atoms with E-state index in [1.807, 2.05) is 12.1 Å². The quantitative estimate of drug-likeness (QED) is 0.670. The van der Waals surface area contributed by atoms with E-state index >= 15 is 0 Å². The Balaban J connectivity index is 2.89. The number of fused-ring (bicyclic) bond motifs is 1. The van der Waals surface area contributed by atoms with E-state index in [0.717, 1.165) is 10.9 Å². The van der Waals surface area contributed by atoms with Gasteiger partial charge in [0.25, 0.3) is 0 Å². The molecule has 4 heteroatoms. The smallest absolute Gasteiger partial charge is 0.101 e. The van der Waals surface area contributed by atoms with Crippen molar-refractivity contribution in [3.05, 3.63) is 28.9 Å². The number of hydrogen-bond donors (Lipinski definition) is 1. The van der Waals surface area contributed by atoms with Crippen LogP contribution in [-0.4, -0.2) is 10.2 Å². The first-order valence-corrected chi connectivity index (χ1v) is 3.72. The highest BCUT2D eigenvalue weighted by atomic mass is 35.5. The molecule has 1 aromatic carbocycles. The van der Waals surface area contributed by atoms with Gasteiger partial charge in [-0.3, -0.25) is 5.10 Å². The minimum Gasteiger partial charge on any atom is -0.276 e. The molecular weight excluding hydrogens is 174 g/mol. The zero-order valence-corrected chi connectivity index (χ0v) is 6.76. The summed E-state index contributed by atoms with van der Waals surface area (Å²) in [7, 11) is 0. The topological polar surface area (TPSA) is 52.5 Å². The number of benzene rings is 1. The monoisotopic (exact) mass is 177 g/mol. The van der Waals surface area contributed by atoms with E-state index in [1.54, 1.807) is 12.3 Å². The third-order valence-corrected chi connectivity index (χ3v) is 2.07. The van der Waals surface area contributed by atoms with Crippen molar-refractivity contribution in [1.29, 1.82) is 5.26 Å². The molecule has 0 saturated heterocycles. The van der Waals surface area contributed by atoms with E-state index in [-0.39, 0.29) is 0 Å². The van der Waals surface area contributed by atoms with Crippen LogP contribution in [0.4, 0.5) is 0 Å². The third-order valence-electron chi connectivity index (χ3n) is 1.67. The van der Waals surface area contributed by atoms with Gasteiger partial charge in [-0.25, -0.2) is 0 Å². The maximum Gasteiger partial charge on any atom is 0.101 e. The lowest BCUT2D eigenvalue weighted by Gasteiger charge is -1.94. The van der Waals surface area contributed by atoms with Gasteiger partial charge in [0.15, 0.2) is 0 Å². The largest absolute Gasteiger partial charge is 0.276 e. The number of halogens is 1. The van der Waals surface area contributed by atoms with Crippen molar-refractivity contribution in [2.45, 2.75) is 0 Å². The fourth-order valence-electron chi connectivity index (χ4n) is 1.06. The van der Waals surface area contributed by atoms with Crippen LogP contribution in [-0.2, 0) is 0 Å². The summed E-state index contributed by atoms with van der Waals surface area (Å²) in [5.41, 5.74) is 1.18. The molecule has 0 unspecified atom stereocenters. The predicted molar refractivity (Wildman–Crippen MR) is 45.8 cm³/mol. The van der Waals surface area contributed by atoms with Gasteiger partial charge in [0.2, 0.25) is 0 Å². The Morgan fingerprint density at radius 3 is 3.08 bits per heavy atom. The van der Waals surface area contributed by atoms with Crippen LogP contribution in [0.15, 0.2) is 18.3 Å². The minimum atomic E-state index is 0.438. The third kappa shape index (κ3) is 0.858. The fraction of sp³-hybridized carbons (Fsp3) is 0. The zero-order valence-electron chi connectivity index (χ0n) is 6.00. The summed E-state index contributed by atoms with van der Waals surface area (Å²) in [6.07, 6.45) is 1.67. The molecular formula is C8H4ClN3. The lowest BCUT2D eigenvalue weighted by molar-refractivity contribution is 1.12. The Morgan fingerprint density at radius 1 is 1.50 bits per heavy atom. The molecule has 0 bridgehead atoms. The first-order valence-electron chi connectivity index (χ1n) is 3.34. The molecule has 12 heavy (non-hydrogen) atoms. The fourth-order valence-corrected chi connectivity index (χ4v) is 1.32. The second-order valence-electron chi connectivity index (χ2n) is 2.37. The van der Waals surface area contributed by atoms with Gasteiger partial charge in [0.05, 0.1) is 22.3 Å². The van der Waals surface area contributed by atoms with E-state index in [0.29, 0.717) is 10.6 Å². The number of hydrogen-bond acceptors (Lipinski definition) is 2. The lowest BCUT2D eigenvalue weighted by atomic mass is 10.2. The summed E-state index contributed by atoms with van der Waals surface area (Å²) in [5.74, 6) is 0. The molecule has 0 fully saturated rings. The van der Waals surface area contributed by atoms with Gasteiger partial charge >= 0.3 is 0 Å². The summed E-state index contributed by atoms with van der Waals surface area (Å²) < 4.78 is 0. The van der Waals surface area contributed by atoms with Crippen molar-refractivity contribution < 1.29 is 0 Å². The van der Waals surface area contributed by atoms with Gasteiger partial charge in [-0.15, -0.1) is 0 Å². The van der Waals surface area contributed by atoms with Crippen LogP contribution in [0.5, 0.6) is 0 Å². The highest BCUT2D eigenvalue weighted by molar-refractivity contribution is 6.36. The normalized spacial score (nSPS) is 10.0. The molecule has 0 radical (unpaired) electrons. The molecule has 2 aromatic rings. The molecule has 0 spiro atoms. The van der Waals surface area contributed by atoms with Gasteiger partial charge in [-0.2, -0.15) is 10.4 Å². The van der Waals surface area contributed by atoms with E-state index < -0.39 is 0 Å². The number of H-pyrrole nitrogens is 1. The van der Waals surface area contributed by atoms with Crippen molar-refractivity contribution >= 4 is 22.5 Å². The van der Waals surface area contributed by atoms with Crippen LogP contribution < -0.4 is 0 Å². The molecule has 1 N–H and O–H groups in total. The lowest BCUT2D eigenvalue weighted by Crippen LogP contribution is -1.78. The van der Waals surface area contributed by atoms with Crippen LogP contribution >= 0.6 is 11.6 Å². The maximum absolute atomic E-state index is 8.65. The number of nitrogens with one attached hydrogen (secondary N) is 1. The van der Waals surface area contributed by atoms with Crippen LogP contribution in [0.3, 0.4) is 0 Å². The second kappa shape index (κ2) is 2.50. The maximum atomic E-state index is 8.65. The highest BCUT2D eigenvalue weighted by Crippen LogP contribution is 2.24. The second-order valence-corrected chi connectivity index (χ2v) is 2.75. The Kier molecular flexibility index (Phi) is 1.49. The number of nitrogens with zero attached hydrogens (tertiary/aromatic N) is 2. The summed E-state index contributed by atoms with van der Waals surface area (Å²) in [4.78, 5) is 0. The first kappa shape index (κ1) is 7.14. The molecule has 0 atom stereocenters. The number of nitriles is 1. The van der Waals surface area contributed by atoms with Gasteiger partial charge in [-0.05, 0) is 12.1 Å². The van der Waals surface area contributed by atoms with Gasteiger partial charge < -0.3 is 0 Å². The molecule has 3 nitrogen and oxygen atoms in total. The van der Waals surface area contributed by atoms with Crippen molar-refractivity contribution in [3.8, 4) is 6.07 Å². The van der Waals surface area contributed by atoms with Crippen LogP contribution in [0, 0.1) is 11.3 Å². The Bertz CT molecular complexity index is 467. The molecule has 0 aliphatic heterocycles. The summed E-state index contributed by atoms with van der Waals surface area (Å²) >= 11 is 5.89. The van der Waals surface area contributed by atoms with E-state index in [4.69, 9.17) is 16.9 Å². The molecule has 0 amide bonds. The van der Waals surface area contributed by atoms with E-state index in [9.17, 15) is 0 Å². The first-order chi connectivity index (χ1) is 5.83. The SMILES string of the molecule is N#Cc1ccc2cn[nH]c2c1Cl. The van der Waals surface area contributed by atoms with Crippen molar-refractivity contribution in [1.82, 2.24) is 10.2 Å². The predicted octanol–water partition coefficient (Wildman–Crippen LogP) is 2.09. The molecule has 2 rings (SSSR count). The molecule has 0 aliphatic rings. The van der Waals surface area contributed by atoms with Crippen LogP contribution in [0.1, 0.15) is 5.56 Å². The Morgan fingerprint density at radius 2 is 2.33 bits per heavy atom. The molecule has 1 aromatic heterocycles. The summed E-state index contributed by atoms with van der Waals surface area (Å²) in [6.45, 7) is 0. The van der Waals surface area contributed by atoms with Crippen molar-refractivity contribution in [2.75, 3.05) is 0 Å². The van der Waals surface area contributed by atoms with E-state index in [1.165, 1.54) is 0 Å². The van der Waals surface area contributed by atoms with Crippen LogP contribution in [0.2, 0.25) is 5.02 Å². The number of rotatable bonds is 0. The minimum absolute atomic E-state index is 0.438. The Hall–Kier alpha value is -1.53. The van der Waals surface area contributed by atoms with E-state index in [2.05, 4.69) is 10.2 Å². The number of aromatic amines is 1. The average molecular weight is 178 g/mol.